The number of hydrogen-bond acceptors (Lipinski definition) is 5. The van der Waals surface area contributed by atoms with Crippen LogP contribution in [0.2, 0.25) is 5.02 Å². The molecule has 0 radical (unpaired) electrons. The van der Waals surface area contributed by atoms with Crippen LogP contribution in [0.25, 0.3) is 11.4 Å². The van der Waals surface area contributed by atoms with E-state index >= 15 is 0 Å². The number of benzene rings is 2. The summed E-state index contributed by atoms with van der Waals surface area (Å²) in [5.74, 6) is 1.37. The first-order chi connectivity index (χ1) is 13.0. The lowest BCUT2D eigenvalue weighted by Gasteiger charge is -2.16. The standard InChI is InChI=1S/C20H20ClN3O3/c1-4-26-17-10-9-14(11-13(17)2)20(25)24(3)12-18-22-19(23-27-18)15-7-5-6-8-16(15)21/h5-11H,4,12H2,1-3H3. The van der Waals surface area contributed by atoms with Crippen molar-refractivity contribution in [1.82, 2.24) is 15.0 Å². The van der Waals surface area contributed by atoms with Gasteiger partial charge >= 0.3 is 0 Å². The van der Waals surface area contributed by atoms with Gasteiger partial charge in [-0.1, -0.05) is 28.9 Å². The topological polar surface area (TPSA) is 68.5 Å². The molecule has 3 aromatic rings. The molecule has 0 saturated carbocycles. The number of carbonyl (C=O) groups is 1. The van der Waals surface area contributed by atoms with E-state index in [1.807, 2.05) is 44.2 Å². The van der Waals surface area contributed by atoms with Crippen LogP contribution in [0.3, 0.4) is 0 Å². The molecule has 140 valence electrons. The maximum atomic E-state index is 12.7. The molecule has 3 rings (SSSR count). The van der Waals surface area contributed by atoms with Crippen LogP contribution in [0, 0.1) is 6.92 Å². The first kappa shape index (κ1) is 18.9. The van der Waals surface area contributed by atoms with Crippen molar-refractivity contribution < 1.29 is 14.1 Å². The Labute approximate surface area is 162 Å². The molecule has 0 N–H and O–H groups in total. The second-order valence-corrected chi connectivity index (χ2v) is 6.47. The lowest BCUT2D eigenvalue weighted by Crippen LogP contribution is -2.26. The number of ether oxygens (including phenoxy) is 1. The molecule has 27 heavy (non-hydrogen) atoms. The van der Waals surface area contributed by atoms with E-state index in [1.54, 1.807) is 19.2 Å². The maximum absolute atomic E-state index is 12.7. The van der Waals surface area contributed by atoms with E-state index in [1.165, 1.54) is 4.90 Å². The van der Waals surface area contributed by atoms with Gasteiger partial charge in [-0.2, -0.15) is 4.98 Å². The Morgan fingerprint density at radius 2 is 2.04 bits per heavy atom. The predicted molar refractivity (Wildman–Crippen MR) is 103 cm³/mol. The molecule has 0 saturated heterocycles. The van der Waals surface area contributed by atoms with Crippen molar-refractivity contribution >= 4 is 17.5 Å². The van der Waals surface area contributed by atoms with Crippen molar-refractivity contribution in [3.63, 3.8) is 0 Å². The molecule has 0 aliphatic carbocycles. The van der Waals surface area contributed by atoms with Gasteiger partial charge in [-0.15, -0.1) is 0 Å². The van der Waals surface area contributed by atoms with Gasteiger partial charge in [0.1, 0.15) is 5.75 Å². The lowest BCUT2D eigenvalue weighted by molar-refractivity contribution is 0.0769. The van der Waals surface area contributed by atoms with Gasteiger partial charge in [0.05, 0.1) is 18.2 Å². The van der Waals surface area contributed by atoms with Gasteiger partial charge < -0.3 is 14.2 Å². The zero-order valence-electron chi connectivity index (χ0n) is 15.4. The molecule has 1 aromatic heterocycles. The van der Waals surface area contributed by atoms with Crippen LogP contribution >= 0.6 is 11.6 Å². The summed E-state index contributed by atoms with van der Waals surface area (Å²) in [5, 5.41) is 4.49. The number of aryl methyl sites for hydroxylation is 1. The summed E-state index contributed by atoms with van der Waals surface area (Å²) >= 11 is 6.16. The maximum Gasteiger partial charge on any atom is 0.254 e. The molecule has 0 bridgehead atoms. The summed E-state index contributed by atoms with van der Waals surface area (Å²) in [5.41, 5.74) is 2.17. The molecule has 0 atom stereocenters. The highest BCUT2D eigenvalue weighted by molar-refractivity contribution is 6.33. The molecule has 7 heteroatoms. The monoisotopic (exact) mass is 385 g/mol. The molecule has 1 amide bonds. The Morgan fingerprint density at radius 3 is 2.74 bits per heavy atom. The van der Waals surface area contributed by atoms with E-state index in [0.29, 0.717) is 34.5 Å². The second kappa shape index (κ2) is 8.22. The fourth-order valence-electron chi connectivity index (χ4n) is 2.67. The molecular weight excluding hydrogens is 366 g/mol. The molecule has 0 spiro atoms. The van der Waals surface area contributed by atoms with E-state index in [2.05, 4.69) is 10.1 Å². The van der Waals surface area contributed by atoms with Crippen LogP contribution in [-0.4, -0.2) is 34.6 Å². The first-order valence-corrected chi connectivity index (χ1v) is 8.93. The minimum Gasteiger partial charge on any atom is -0.494 e. The normalized spacial score (nSPS) is 10.7. The number of carbonyl (C=O) groups excluding carboxylic acids is 1. The zero-order valence-corrected chi connectivity index (χ0v) is 16.2. The van der Waals surface area contributed by atoms with Gasteiger partial charge in [0.25, 0.3) is 5.91 Å². The van der Waals surface area contributed by atoms with Gasteiger partial charge in [-0.25, -0.2) is 0 Å². The second-order valence-electron chi connectivity index (χ2n) is 6.07. The SMILES string of the molecule is CCOc1ccc(C(=O)N(C)Cc2nc(-c3ccccc3Cl)no2)cc1C. The van der Waals surface area contributed by atoms with Gasteiger partial charge in [0.2, 0.25) is 11.7 Å². The van der Waals surface area contributed by atoms with Crippen LogP contribution in [0.1, 0.15) is 28.7 Å². The Bertz CT molecular complexity index is 955. The van der Waals surface area contributed by atoms with Gasteiger partial charge in [-0.3, -0.25) is 4.79 Å². The summed E-state index contributed by atoms with van der Waals surface area (Å²) in [6.45, 7) is 4.62. The third kappa shape index (κ3) is 4.28. The van der Waals surface area contributed by atoms with Gasteiger partial charge in [-0.05, 0) is 49.7 Å². The van der Waals surface area contributed by atoms with Crippen LogP contribution in [0.5, 0.6) is 5.75 Å². The van der Waals surface area contributed by atoms with E-state index in [-0.39, 0.29) is 12.5 Å². The average molecular weight is 386 g/mol. The highest BCUT2D eigenvalue weighted by Crippen LogP contribution is 2.25. The molecule has 0 unspecified atom stereocenters. The Balaban J connectivity index is 1.72. The van der Waals surface area contributed by atoms with Crippen molar-refractivity contribution in [2.45, 2.75) is 20.4 Å². The van der Waals surface area contributed by atoms with Crippen molar-refractivity contribution in [3.05, 3.63) is 64.5 Å². The number of aromatic nitrogens is 2. The smallest absolute Gasteiger partial charge is 0.254 e. The molecule has 0 aliphatic heterocycles. The van der Waals surface area contributed by atoms with Crippen LogP contribution in [0.15, 0.2) is 47.0 Å². The fourth-order valence-corrected chi connectivity index (χ4v) is 2.89. The van der Waals surface area contributed by atoms with Crippen molar-refractivity contribution in [3.8, 4) is 17.1 Å². The highest BCUT2D eigenvalue weighted by Gasteiger charge is 2.18. The van der Waals surface area contributed by atoms with Gasteiger partial charge in [0.15, 0.2) is 0 Å². The summed E-state index contributed by atoms with van der Waals surface area (Å²) in [7, 11) is 1.69. The summed E-state index contributed by atoms with van der Waals surface area (Å²) < 4.78 is 10.8. The van der Waals surface area contributed by atoms with E-state index in [4.69, 9.17) is 20.9 Å². The molecule has 1 heterocycles. The zero-order chi connectivity index (χ0) is 19.4. The van der Waals surface area contributed by atoms with Crippen LogP contribution in [0.4, 0.5) is 0 Å². The number of nitrogens with zero attached hydrogens (tertiary/aromatic N) is 3. The minimum absolute atomic E-state index is 0.140. The van der Waals surface area contributed by atoms with Crippen molar-refractivity contribution in [1.29, 1.82) is 0 Å². The van der Waals surface area contributed by atoms with Crippen molar-refractivity contribution in [2.24, 2.45) is 0 Å². The first-order valence-electron chi connectivity index (χ1n) is 8.56. The predicted octanol–water partition coefficient (Wildman–Crippen LogP) is 4.37. The van der Waals surface area contributed by atoms with E-state index in [9.17, 15) is 4.79 Å². The third-order valence-corrected chi connectivity index (χ3v) is 4.35. The quantitative estimate of drug-likeness (QED) is 0.630. The van der Waals surface area contributed by atoms with Crippen molar-refractivity contribution in [2.75, 3.05) is 13.7 Å². The molecule has 6 nitrogen and oxygen atoms in total. The average Bonchev–Trinajstić information content (AvgIpc) is 3.11. The van der Waals surface area contributed by atoms with E-state index in [0.717, 1.165) is 11.3 Å². The molecule has 0 aliphatic rings. The third-order valence-electron chi connectivity index (χ3n) is 4.02. The number of rotatable bonds is 6. The lowest BCUT2D eigenvalue weighted by atomic mass is 10.1. The largest absolute Gasteiger partial charge is 0.494 e. The minimum atomic E-state index is -0.140. The van der Waals surface area contributed by atoms with Crippen LogP contribution in [-0.2, 0) is 6.54 Å². The fraction of sp³-hybridized carbons (Fsp3) is 0.250. The number of halogens is 1. The summed E-state index contributed by atoms with van der Waals surface area (Å²) in [4.78, 5) is 18.5. The van der Waals surface area contributed by atoms with E-state index < -0.39 is 0 Å². The van der Waals surface area contributed by atoms with Crippen LogP contribution < -0.4 is 4.74 Å². The Morgan fingerprint density at radius 1 is 1.26 bits per heavy atom. The Kier molecular flexibility index (Phi) is 5.76. The number of amides is 1. The van der Waals surface area contributed by atoms with Gasteiger partial charge in [0, 0.05) is 18.2 Å². The Hall–Kier alpha value is -2.86. The summed E-state index contributed by atoms with van der Waals surface area (Å²) in [6.07, 6.45) is 0. The molecule has 2 aromatic carbocycles. The molecular formula is C20H20ClN3O3. The number of hydrogen-bond donors (Lipinski definition) is 0. The highest BCUT2D eigenvalue weighted by atomic mass is 35.5. The molecule has 0 fully saturated rings. The summed E-state index contributed by atoms with van der Waals surface area (Å²) in [6, 6.07) is 12.6.